The number of nitrogens with zero attached hydrogens (tertiary/aromatic N) is 4. The fourth-order valence-corrected chi connectivity index (χ4v) is 6.09. The number of benzene rings is 2. The number of nitrogens with one attached hydrogen (secondary N) is 1. The number of β-amino-alcohol motifs (C(OH)–C–C–N with tert-alkyl or cyclic N) is 1. The van der Waals surface area contributed by atoms with Crippen LogP contribution in [0.5, 0.6) is 11.8 Å². The van der Waals surface area contributed by atoms with Crippen LogP contribution < -0.4 is 15.0 Å². The Bertz CT molecular complexity index is 1640. The number of rotatable bonds is 8. The second-order valence-corrected chi connectivity index (χ2v) is 11.8. The highest BCUT2D eigenvalue weighted by Crippen LogP contribution is 2.45. The second kappa shape index (κ2) is 10.3. The molecule has 10 heteroatoms. The van der Waals surface area contributed by atoms with E-state index in [1.807, 2.05) is 18.9 Å². The summed E-state index contributed by atoms with van der Waals surface area (Å²) in [4.78, 5) is 15.6. The monoisotopic (exact) mass is 563 g/mol. The number of hydrogen-bond donors (Lipinski definition) is 3. The molecule has 4 aromatic rings. The van der Waals surface area contributed by atoms with Gasteiger partial charge in [0.1, 0.15) is 28.6 Å². The molecule has 0 unspecified atom stereocenters. The van der Waals surface area contributed by atoms with E-state index in [1.54, 1.807) is 13.0 Å². The molecule has 8 nitrogen and oxygen atoms in total. The maximum absolute atomic E-state index is 16.6. The van der Waals surface area contributed by atoms with E-state index < -0.39 is 17.2 Å². The van der Waals surface area contributed by atoms with Crippen molar-refractivity contribution in [2.24, 2.45) is 5.41 Å². The van der Waals surface area contributed by atoms with Crippen molar-refractivity contribution in [2.45, 2.75) is 51.6 Å². The number of ether oxygens (including phenoxy) is 1. The maximum atomic E-state index is 16.6. The van der Waals surface area contributed by atoms with Crippen LogP contribution in [0.3, 0.4) is 0 Å². The molecule has 216 valence electrons. The first-order chi connectivity index (χ1) is 19.6. The first-order valence-electron chi connectivity index (χ1n) is 14.2. The predicted molar refractivity (Wildman–Crippen MR) is 154 cm³/mol. The van der Waals surface area contributed by atoms with Crippen LogP contribution in [0.15, 0.2) is 30.5 Å². The van der Waals surface area contributed by atoms with Crippen molar-refractivity contribution in [1.82, 2.24) is 20.3 Å². The highest BCUT2D eigenvalue weighted by atomic mass is 19.1. The van der Waals surface area contributed by atoms with Crippen molar-refractivity contribution in [3.05, 3.63) is 47.7 Å². The SMILES string of the molecule is CCc1c(F)ccc2cc(O)cc(-c3ncc4c(N5CCC[C@@](C)(O)C5)nc(OCC5(CNC)CC5)nc4c3F)c12. The number of piperidine rings is 1. The molecule has 1 saturated heterocycles. The number of phenols is 1. The third kappa shape index (κ3) is 5.15. The van der Waals surface area contributed by atoms with Gasteiger partial charge in [-0.05, 0) is 80.6 Å². The standard InChI is InChI=1S/C31H35F2N5O3/c1-4-20-23(32)7-6-18-12-19(39)13-21(24(18)20)26-25(33)27-22(14-35-26)28(38-11-5-8-30(2,40)16-38)37-29(36-27)41-17-31(9-10-31)15-34-3/h6-7,12-14,34,39-40H,4-5,8-11,15-17H2,1-3H3/t30-/m1/s1. The van der Waals surface area contributed by atoms with Gasteiger partial charge < -0.3 is 25.2 Å². The van der Waals surface area contributed by atoms with Crippen LogP contribution in [0.25, 0.3) is 32.9 Å². The van der Waals surface area contributed by atoms with Gasteiger partial charge in [0.15, 0.2) is 5.82 Å². The number of pyridine rings is 1. The van der Waals surface area contributed by atoms with Crippen molar-refractivity contribution < 1.29 is 23.7 Å². The summed E-state index contributed by atoms with van der Waals surface area (Å²) in [5.41, 5.74) is -0.246. The number of anilines is 1. The molecule has 0 bridgehead atoms. The van der Waals surface area contributed by atoms with Crippen LogP contribution in [0.4, 0.5) is 14.6 Å². The Labute approximate surface area is 237 Å². The number of aromatic nitrogens is 3. The molecule has 1 aliphatic heterocycles. The summed E-state index contributed by atoms with van der Waals surface area (Å²) in [6.45, 7) is 5.75. The molecular formula is C31H35F2N5O3. The Morgan fingerprint density at radius 2 is 1.95 bits per heavy atom. The molecule has 1 aliphatic carbocycles. The van der Waals surface area contributed by atoms with E-state index in [1.165, 1.54) is 24.4 Å². The summed E-state index contributed by atoms with van der Waals surface area (Å²) in [5, 5.41) is 26.0. The Morgan fingerprint density at radius 3 is 2.66 bits per heavy atom. The molecule has 0 spiro atoms. The van der Waals surface area contributed by atoms with Crippen molar-refractivity contribution >= 4 is 27.5 Å². The summed E-state index contributed by atoms with van der Waals surface area (Å²) in [7, 11) is 1.90. The molecule has 3 heterocycles. The van der Waals surface area contributed by atoms with Gasteiger partial charge in [0.05, 0.1) is 17.6 Å². The number of phenolic OH excluding ortho intramolecular Hbond substituents is 1. The smallest absolute Gasteiger partial charge is 0.319 e. The number of aliphatic hydroxyl groups is 1. The van der Waals surface area contributed by atoms with Gasteiger partial charge in [-0.1, -0.05) is 13.0 Å². The Morgan fingerprint density at radius 1 is 1.15 bits per heavy atom. The summed E-state index contributed by atoms with van der Waals surface area (Å²) in [6, 6.07) is 5.92. The first kappa shape index (κ1) is 27.5. The molecule has 3 N–H and O–H groups in total. The topological polar surface area (TPSA) is 104 Å². The summed E-state index contributed by atoms with van der Waals surface area (Å²) in [5.74, 6) is -0.748. The maximum Gasteiger partial charge on any atom is 0.319 e. The molecule has 0 radical (unpaired) electrons. The number of hydrogen-bond acceptors (Lipinski definition) is 8. The van der Waals surface area contributed by atoms with Gasteiger partial charge in [-0.25, -0.2) is 8.78 Å². The van der Waals surface area contributed by atoms with Crippen LogP contribution in [0.2, 0.25) is 0 Å². The number of aryl methyl sites for hydroxylation is 1. The lowest BCUT2D eigenvalue weighted by molar-refractivity contribution is 0.0447. The van der Waals surface area contributed by atoms with Gasteiger partial charge in [0, 0.05) is 36.8 Å². The fourth-order valence-electron chi connectivity index (χ4n) is 6.09. The van der Waals surface area contributed by atoms with Crippen molar-refractivity contribution in [1.29, 1.82) is 0 Å². The van der Waals surface area contributed by atoms with Gasteiger partial charge in [0.2, 0.25) is 0 Å². The van der Waals surface area contributed by atoms with Crippen molar-refractivity contribution in [3.8, 4) is 23.0 Å². The third-order valence-corrected chi connectivity index (χ3v) is 8.40. The lowest BCUT2D eigenvalue weighted by atomic mass is 9.94. The highest BCUT2D eigenvalue weighted by molar-refractivity contribution is 6.01. The lowest BCUT2D eigenvalue weighted by Gasteiger charge is -2.37. The Balaban J connectivity index is 1.53. The molecule has 41 heavy (non-hydrogen) atoms. The molecule has 1 saturated carbocycles. The number of halogens is 2. The van der Waals surface area contributed by atoms with Gasteiger partial charge in [0.25, 0.3) is 0 Å². The van der Waals surface area contributed by atoms with Crippen LogP contribution in [0, 0.1) is 17.0 Å². The molecule has 2 aliphatic rings. The van der Waals surface area contributed by atoms with Crippen LogP contribution in [-0.4, -0.2) is 64.1 Å². The van der Waals surface area contributed by atoms with Gasteiger partial charge in [-0.3, -0.25) is 4.98 Å². The molecule has 2 fully saturated rings. The van der Waals surface area contributed by atoms with E-state index in [9.17, 15) is 14.6 Å². The van der Waals surface area contributed by atoms with E-state index in [2.05, 4.69) is 15.3 Å². The third-order valence-electron chi connectivity index (χ3n) is 8.40. The zero-order valence-electron chi connectivity index (χ0n) is 23.6. The van der Waals surface area contributed by atoms with Crippen molar-refractivity contribution in [2.75, 3.05) is 38.2 Å². The van der Waals surface area contributed by atoms with Gasteiger partial charge in [-0.2, -0.15) is 9.97 Å². The van der Waals surface area contributed by atoms with E-state index in [4.69, 9.17) is 9.72 Å². The van der Waals surface area contributed by atoms with E-state index in [0.29, 0.717) is 60.1 Å². The average Bonchev–Trinajstić information content (AvgIpc) is 3.71. The number of fused-ring (bicyclic) bond motifs is 2. The van der Waals surface area contributed by atoms with E-state index >= 15 is 4.39 Å². The normalized spacial score (nSPS) is 20.1. The Kier molecular flexibility index (Phi) is 6.94. The van der Waals surface area contributed by atoms with Gasteiger partial charge in [-0.15, -0.1) is 0 Å². The van der Waals surface area contributed by atoms with Crippen LogP contribution in [0.1, 0.15) is 45.1 Å². The Hall–Kier alpha value is -3.63. The lowest BCUT2D eigenvalue weighted by Crippen LogP contribution is -2.46. The fraction of sp³-hybridized carbons (Fsp3) is 0.452. The average molecular weight is 564 g/mol. The highest BCUT2D eigenvalue weighted by Gasteiger charge is 2.43. The summed E-state index contributed by atoms with van der Waals surface area (Å²) >= 11 is 0. The molecule has 1 atom stereocenters. The van der Waals surface area contributed by atoms with Gasteiger partial charge >= 0.3 is 6.01 Å². The zero-order chi connectivity index (χ0) is 28.9. The first-order valence-corrected chi connectivity index (χ1v) is 14.2. The van der Waals surface area contributed by atoms with Crippen LogP contribution in [-0.2, 0) is 6.42 Å². The number of aromatic hydroxyl groups is 1. The molecule has 2 aromatic heterocycles. The zero-order valence-corrected chi connectivity index (χ0v) is 23.6. The van der Waals surface area contributed by atoms with E-state index in [-0.39, 0.29) is 33.9 Å². The minimum absolute atomic E-state index is 0.00504. The summed E-state index contributed by atoms with van der Waals surface area (Å²) < 4.78 is 37.5. The minimum atomic E-state index is -0.922. The second-order valence-electron chi connectivity index (χ2n) is 11.8. The molecule has 2 aromatic carbocycles. The van der Waals surface area contributed by atoms with Crippen LogP contribution >= 0.6 is 0 Å². The summed E-state index contributed by atoms with van der Waals surface area (Å²) in [6.07, 6.45) is 5.33. The minimum Gasteiger partial charge on any atom is -0.508 e. The predicted octanol–water partition coefficient (Wildman–Crippen LogP) is 5.12. The van der Waals surface area contributed by atoms with E-state index in [0.717, 1.165) is 25.8 Å². The van der Waals surface area contributed by atoms with Crippen molar-refractivity contribution in [3.63, 3.8) is 0 Å². The molecule has 6 rings (SSSR count). The molecular weight excluding hydrogens is 528 g/mol. The quantitative estimate of drug-likeness (QED) is 0.272. The largest absolute Gasteiger partial charge is 0.508 e. The molecule has 0 amide bonds.